The van der Waals surface area contributed by atoms with Crippen LogP contribution in [0, 0.1) is 17.8 Å². The van der Waals surface area contributed by atoms with Crippen LogP contribution in [0.1, 0.15) is 50.4 Å². The fourth-order valence-electron chi connectivity index (χ4n) is 3.15. The highest BCUT2D eigenvalue weighted by Crippen LogP contribution is 2.35. The highest BCUT2D eigenvalue weighted by molar-refractivity contribution is 5.90. The van der Waals surface area contributed by atoms with Gasteiger partial charge in [-0.25, -0.2) is 9.59 Å². The number of hydrogen-bond donors (Lipinski definition) is 0. The smallest absolute Gasteiger partial charge is 0.344 e. The summed E-state index contributed by atoms with van der Waals surface area (Å²) in [5.74, 6) is 0.395. The van der Waals surface area contributed by atoms with Crippen molar-refractivity contribution in [3.8, 4) is 0 Å². The minimum absolute atomic E-state index is 0.0779. The van der Waals surface area contributed by atoms with Crippen molar-refractivity contribution in [3.05, 3.63) is 30.1 Å². The predicted octanol–water partition coefficient (Wildman–Crippen LogP) is 3.24. The fourth-order valence-corrected chi connectivity index (χ4v) is 3.15. The van der Waals surface area contributed by atoms with Crippen LogP contribution in [0.15, 0.2) is 24.5 Å². The molecule has 0 bridgehead atoms. The van der Waals surface area contributed by atoms with Gasteiger partial charge < -0.3 is 9.47 Å². The van der Waals surface area contributed by atoms with Gasteiger partial charge in [0.05, 0.1) is 5.56 Å². The predicted molar refractivity (Wildman–Crippen MR) is 85.7 cm³/mol. The van der Waals surface area contributed by atoms with E-state index in [-0.39, 0.29) is 12.7 Å². The van der Waals surface area contributed by atoms with E-state index >= 15 is 0 Å². The molecule has 0 aliphatic heterocycles. The molecule has 0 aromatic carbocycles. The van der Waals surface area contributed by atoms with Crippen molar-refractivity contribution in [1.82, 2.24) is 4.98 Å². The zero-order valence-corrected chi connectivity index (χ0v) is 14.0. The van der Waals surface area contributed by atoms with E-state index in [0.717, 1.165) is 12.8 Å². The van der Waals surface area contributed by atoms with Gasteiger partial charge in [-0.3, -0.25) is 4.98 Å². The summed E-state index contributed by atoms with van der Waals surface area (Å²) in [5, 5.41) is 0. The Morgan fingerprint density at radius 3 is 2.61 bits per heavy atom. The number of carbonyl (C=O) groups excluding carboxylic acids is 2. The molecule has 3 atom stereocenters. The Labute approximate surface area is 137 Å². The molecule has 1 saturated carbocycles. The summed E-state index contributed by atoms with van der Waals surface area (Å²) in [6, 6.07) is 3.09. The van der Waals surface area contributed by atoms with Crippen LogP contribution in [-0.4, -0.2) is 29.6 Å². The molecule has 1 heterocycles. The SMILES string of the molecule is CC(C)[C@H]1CC[C@@H](C)C[C@@H]1OC(=O)COC(=O)c1ccncc1. The van der Waals surface area contributed by atoms with Crippen LogP contribution in [0.25, 0.3) is 0 Å². The lowest BCUT2D eigenvalue weighted by atomic mass is 9.75. The molecule has 23 heavy (non-hydrogen) atoms. The molecule has 0 spiro atoms. The molecule has 2 rings (SSSR count). The number of rotatable bonds is 5. The molecular weight excluding hydrogens is 294 g/mol. The summed E-state index contributed by atoms with van der Waals surface area (Å²) in [6.07, 6.45) is 6.07. The Kier molecular flexibility index (Phi) is 6.13. The van der Waals surface area contributed by atoms with Gasteiger partial charge in [-0.1, -0.05) is 27.2 Å². The quantitative estimate of drug-likeness (QED) is 0.780. The zero-order valence-electron chi connectivity index (χ0n) is 14.0. The summed E-state index contributed by atoms with van der Waals surface area (Å²) in [6.45, 7) is 6.15. The van der Waals surface area contributed by atoms with Gasteiger partial charge in [0.15, 0.2) is 6.61 Å². The van der Waals surface area contributed by atoms with Crippen LogP contribution in [-0.2, 0) is 14.3 Å². The number of aromatic nitrogens is 1. The van der Waals surface area contributed by atoms with E-state index in [1.807, 2.05) is 0 Å². The molecule has 1 aromatic rings. The summed E-state index contributed by atoms with van der Waals surface area (Å²) >= 11 is 0. The standard InChI is InChI=1S/C18H25NO4/c1-12(2)15-5-4-13(3)10-16(15)23-17(20)11-22-18(21)14-6-8-19-9-7-14/h6-9,12-13,15-16H,4-5,10-11H2,1-3H3/t13-,15-,16+/m1/s1. The highest BCUT2D eigenvalue weighted by Gasteiger charge is 2.33. The first-order valence-electron chi connectivity index (χ1n) is 8.24. The van der Waals surface area contributed by atoms with Crippen molar-refractivity contribution in [2.45, 2.75) is 46.1 Å². The Balaban J connectivity index is 1.84. The third kappa shape index (κ3) is 5.05. The van der Waals surface area contributed by atoms with E-state index in [9.17, 15) is 9.59 Å². The maximum Gasteiger partial charge on any atom is 0.344 e. The molecule has 5 heteroatoms. The zero-order chi connectivity index (χ0) is 16.8. The molecule has 0 radical (unpaired) electrons. The average molecular weight is 319 g/mol. The lowest BCUT2D eigenvalue weighted by Crippen LogP contribution is -2.36. The molecule has 0 N–H and O–H groups in total. The van der Waals surface area contributed by atoms with Crippen molar-refractivity contribution in [2.24, 2.45) is 17.8 Å². The van der Waals surface area contributed by atoms with Crippen molar-refractivity contribution in [1.29, 1.82) is 0 Å². The van der Waals surface area contributed by atoms with Crippen LogP contribution in [0.4, 0.5) is 0 Å². The summed E-state index contributed by atoms with van der Waals surface area (Å²) in [7, 11) is 0. The molecular formula is C18H25NO4. The topological polar surface area (TPSA) is 65.5 Å². The number of pyridine rings is 1. The molecule has 0 saturated heterocycles. The van der Waals surface area contributed by atoms with E-state index in [1.165, 1.54) is 18.8 Å². The summed E-state index contributed by atoms with van der Waals surface area (Å²) in [5.41, 5.74) is 0.374. The van der Waals surface area contributed by atoms with Crippen molar-refractivity contribution < 1.29 is 19.1 Å². The van der Waals surface area contributed by atoms with Crippen LogP contribution >= 0.6 is 0 Å². The van der Waals surface area contributed by atoms with Crippen LogP contribution in [0.5, 0.6) is 0 Å². The van der Waals surface area contributed by atoms with Gasteiger partial charge in [0.2, 0.25) is 0 Å². The maximum absolute atomic E-state index is 12.0. The first-order valence-corrected chi connectivity index (χ1v) is 8.24. The van der Waals surface area contributed by atoms with Crippen molar-refractivity contribution >= 4 is 11.9 Å². The third-order valence-electron chi connectivity index (χ3n) is 4.48. The average Bonchev–Trinajstić information content (AvgIpc) is 2.53. The van der Waals surface area contributed by atoms with Gasteiger partial charge in [0, 0.05) is 12.4 Å². The third-order valence-corrected chi connectivity index (χ3v) is 4.48. The normalized spacial score (nSPS) is 24.3. The van der Waals surface area contributed by atoms with E-state index in [1.54, 1.807) is 12.1 Å². The summed E-state index contributed by atoms with van der Waals surface area (Å²) in [4.78, 5) is 27.7. The molecule has 0 unspecified atom stereocenters. The van der Waals surface area contributed by atoms with E-state index in [0.29, 0.717) is 23.3 Å². The van der Waals surface area contributed by atoms with Gasteiger partial charge >= 0.3 is 11.9 Å². The van der Waals surface area contributed by atoms with Gasteiger partial charge in [0.1, 0.15) is 6.10 Å². The van der Waals surface area contributed by atoms with Crippen LogP contribution in [0.2, 0.25) is 0 Å². The van der Waals surface area contributed by atoms with E-state index < -0.39 is 11.9 Å². The molecule has 0 amide bonds. The molecule has 1 fully saturated rings. The second-order valence-corrected chi connectivity index (χ2v) is 6.67. The van der Waals surface area contributed by atoms with Gasteiger partial charge in [-0.05, 0) is 42.7 Å². The van der Waals surface area contributed by atoms with Crippen LogP contribution < -0.4 is 0 Å². The molecule has 1 aliphatic rings. The second-order valence-electron chi connectivity index (χ2n) is 6.67. The molecule has 1 aromatic heterocycles. The Bertz CT molecular complexity index is 529. The lowest BCUT2D eigenvalue weighted by molar-refractivity contribution is -0.159. The fraction of sp³-hybridized carbons (Fsp3) is 0.611. The Morgan fingerprint density at radius 1 is 1.26 bits per heavy atom. The van der Waals surface area contributed by atoms with Crippen LogP contribution in [0.3, 0.4) is 0 Å². The monoisotopic (exact) mass is 319 g/mol. The van der Waals surface area contributed by atoms with E-state index in [2.05, 4.69) is 25.8 Å². The molecule has 1 aliphatic carbocycles. The Hall–Kier alpha value is -1.91. The number of nitrogens with zero attached hydrogens (tertiary/aromatic N) is 1. The first-order chi connectivity index (χ1) is 11.0. The minimum Gasteiger partial charge on any atom is -0.460 e. The number of hydrogen-bond acceptors (Lipinski definition) is 5. The molecule has 126 valence electrons. The first kappa shape index (κ1) is 17.4. The minimum atomic E-state index is -0.540. The second kappa shape index (κ2) is 8.09. The van der Waals surface area contributed by atoms with Crippen molar-refractivity contribution in [2.75, 3.05) is 6.61 Å². The lowest BCUT2D eigenvalue weighted by Gasteiger charge is -2.36. The van der Waals surface area contributed by atoms with Gasteiger partial charge in [0.25, 0.3) is 0 Å². The number of esters is 2. The number of carbonyl (C=O) groups is 2. The largest absolute Gasteiger partial charge is 0.460 e. The summed E-state index contributed by atoms with van der Waals surface area (Å²) < 4.78 is 10.6. The Morgan fingerprint density at radius 2 is 1.96 bits per heavy atom. The number of ether oxygens (including phenoxy) is 2. The van der Waals surface area contributed by atoms with Gasteiger partial charge in [-0.15, -0.1) is 0 Å². The van der Waals surface area contributed by atoms with Crippen molar-refractivity contribution in [3.63, 3.8) is 0 Å². The van der Waals surface area contributed by atoms with E-state index in [4.69, 9.17) is 9.47 Å². The molecule has 5 nitrogen and oxygen atoms in total. The maximum atomic E-state index is 12.0. The highest BCUT2D eigenvalue weighted by atomic mass is 16.6. The van der Waals surface area contributed by atoms with Gasteiger partial charge in [-0.2, -0.15) is 0 Å².